The number of aromatic nitrogens is 2. The highest BCUT2D eigenvalue weighted by atomic mass is 16.3. The second-order valence-electron chi connectivity index (χ2n) is 5.46. The van der Waals surface area contributed by atoms with Crippen LogP contribution in [0.4, 0.5) is 0 Å². The number of imidazole rings is 1. The predicted molar refractivity (Wildman–Crippen MR) is 65.9 cm³/mol. The second-order valence-corrected chi connectivity index (χ2v) is 5.46. The van der Waals surface area contributed by atoms with E-state index >= 15 is 0 Å². The maximum absolute atomic E-state index is 9.94. The molecule has 0 aliphatic carbocycles. The number of fused-ring (bicyclic) bond motifs is 1. The summed E-state index contributed by atoms with van der Waals surface area (Å²) in [5.74, 6) is 1.63. The quantitative estimate of drug-likeness (QED) is 0.802. The minimum Gasteiger partial charge on any atom is -0.373 e. The summed E-state index contributed by atoms with van der Waals surface area (Å²) in [6.45, 7) is 2.30. The molecule has 1 N–H and O–H groups in total. The summed E-state index contributed by atoms with van der Waals surface area (Å²) in [6, 6.07) is 0. The monoisotopic (exact) mass is 235 g/mol. The molecule has 0 amide bonds. The molecule has 0 aromatic carbocycles. The number of nitrogens with zero attached hydrogens (tertiary/aromatic N) is 3. The van der Waals surface area contributed by atoms with E-state index in [0.29, 0.717) is 5.92 Å². The summed E-state index contributed by atoms with van der Waals surface area (Å²) < 4.78 is 1.98. The van der Waals surface area contributed by atoms with Crippen molar-refractivity contribution in [1.82, 2.24) is 14.5 Å². The first-order valence-corrected chi connectivity index (χ1v) is 6.68. The van der Waals surface area contributed by atoms with Crippen LogP contribution in [0, 0.1) is 0 Å². The van der Waals surface area contributed by atoms with E-state index in [1.165, 1.54) is 25.1 Å². The number of aliphatic hydroxyl groups is 1. The Balaban J connectivity index is 1.83. The Bertz CT molecular complexity index is 401. The molecule has 4 heteroatoms. The first-order chi connectivity index (χ1) is 8.24. The molecule has 0 bridgehead atoms. The summed E-state index contributed by atoms with van der Waals surface area (Å²) in [5.41, 5.74) is 1.19. The van der Waals surface area contributed by atoms with Crippen LogP contribution in [0.3, 0.4) is 0 Å². The molecule has 1 aromatic rings. The van der Waals surface area contributed by atoms with Gasteiger partial charge in [0.2, 0.25) is 0 Å². The molecule has 3 rings (SSSR count). The molecule has 0 spiro atoms. The fourth-order valence-electron chi connectivity index (χ4n) is 3.08. The van der Waals surface area contributed by atoms with Crippen molar-refractivity contribution in [2.75, 3.05) is 20.1 Å². The fourth-order valence-corrected chi connectivity index (χ4v) is 3.08. The van der Waals surface area contributed by atoms with Gasteiger partial charge in [0, 0.05) is 25.1 Å². The van der Waals surface area contributed by atoms with E-state index in [1.54, 1.807) is 0 Å². The molecule has 1 saturated heterocycles. The summed E-state index contributed by atoms with van der Waals surface area (Å²) in [6.07, 6.45) is 7.17. The van der Waals surface area contributed by atoms with E-state index in [0.717, 1.165) is 31.6 Å². The number of likely N-dealkylation sites (N-methyl/N-ethyl adjacent to an activating group) is 1. The standard InChI is InChI=1S/C13H21N3O/c1-15-7-3-4-10(8-15)11-9-16-12(14-11)5-2-6-13(16)17/h9-10,13,17H,2-8H2,1H3. The highest BCUT2D eigenvalue weighted by molar-refractivity contribution is 5.13. The van der Waals surface area contributed by atoms with Crippen molar-refractivity contribution < 1.29 is 5.11 Å². The molecule has 17 heavy (non-hydrogen) atoms. The first kappa shape index (κ1) is 11.2. The largest absolute Gasteiger partial charge is 0.373 e. The van der Waals surface area contributed by atoms with Gasteiger partial charge in [-0.15, -0.1) is 0 Å². The number of likely N-dealkylation sites (tertiary alicyclic amines) is 1. The third-order valence-corrected chi connectivity index (χ3v) is 4.05. The Morgan fingerprint density at radius 1 is 1.35 bits per heavy atom. The average Bonchev–Trinajstić information content (AvgIpc) is 2.74. The highest BCUT2D eigenvalue weighted by Gasteiger charge is 2.25. The van der Waals surface area contributed by atoms with Gasteiger partial charge in [-0.25, -0.2) is 4.98 Å². The van der Waals surface area contributed by atoms with Crippen LogP contribution in [0.5, 0.6) is 0 Å². The van der Waals surface area contributed by atoms with E-state index in [1.807, 2.05) is 4.57 Å². The molecule has 94 valence electrons. The molecule has 0 saturated carbocycles. The van der Waals surface area contributed by atoms with Gasteiger partial charge in [0.05, 0.1) is 5.69 Å². The highest BCUT2D eigenvalue weighted by Crippen LogP contribution is 2.29. The lowest BCUT2D eigenvalue weighted by Crippen LogP contribution is -2.30. The molecule has 2 aliphatic heterocycles. The maximum atomic E-state index is 9.94. The van der Waals surface area contributed by atoms with Gasteiger partial charge in [-0.3, -0.25) is 0 Å². The predicted octanol–water partition coefficient (Wildman–Crippen LogP) is 1.52. The Labute approximate surface area is 102 Å². The van der Waals surface area contributed by atoms with Gasteiger partial charge in [-0.2, -0.15) is 0 Å². The molecule has 1 fully saturated rings. The summed E-state index contributed by atoms with van der Waals surface area (Å²) >= 11 is 0. The van der Waals surface area contributed by atoms with Crippen molar-refractivity contribution in [3.05, 3.63) is 17.7 Å². The lowest BCUT2D eigenvalue weighted by atomic mass is 9.96. The van der Waals surface area contributed by atoms with Crippen LogP contribution in [0.25, 0.3) is 0 Å². The lowest BCUT2D eigenvalue weighted by Gasteiger charge is -2.28. The topological polar surface area (TPSA) is 41.3 Å². The number of aryl methyl sites for hydroxylation is 1. The lowest BCUT2D eigenvalue weighted by molar-refractivity contribution is 0.0780. The van der Waals surface area contributed by atoms with Crippen LogP contribution in [0.15, 0.2) is 6.20 Å². The molecule has 3 heterocycles. The van der Waals surface area contributed by atoms with Gasteiger partial charge in [-0.05, 0) is 39.3 Å². The number of aliphatic hydroxyl groups excluding tert-OH is 1. The smallest absolute Gasteiger partial charge is 0.131 e. The number of piperidine rings is 1. The van der Waals surface area contributed by atoms with Gasteiger partial charge < -0.3 is 14.6 Å². The average molecular weight is 235 g/mol. The number of hydrogen-bond acceptors (Lipinski definition) is 3. The van der Waals surface area contributed by atoms with E-state index in [2.05, 4.69) is 18.1 Å². The molecular formula is C13H21N3O. The zero-order valence-corrected chi connectivity index (χ0v) is 10.5. The van der Waals surface area contributed by atoms with Crippen molar-refractivity contribution in [1.29, 1.82) is 0 Å². The molecule has 4 nitrogen and oxygen atoms in total. The Kier molecular flexibility index (Phi) is 2.92. The van der Waals surface area contributed by atoms with Crippen molar-refractivity contribution in [2.24, 2.45) is 0 Å². The Morgan fingerprint density at radius 3 is 3.00 bits per heavy atom. The van der Waals surface area contributed by atoms with E-state index < -0.39 is 0 Å². The maximum Gasteiger partial charge on any atom is 0.131 e. The van der Waals surface area contributed by atoms with Gasteiger partial charge in [0.1, 0.15) is 12.1 Å². The van der Waals surface area contributed by atoms with Crippen LogP contribution >= 0.6 is 0 Å². The van der Waals surface area contributed by atoms with Crippen LogP contribution in [0.2, 0.25) is 0 Å². The third kappa shape index (κ3) is 2.11. The zero-order valence-electron chi connectivity index (χ0n) is 10.5. The van der Waals surface area contributed by atoms with E-state index in [-0.39, 0.29) is 6.23 Å². The summed E-state index contributed by atoms with van der Waals surface area (Å²) in [7, 11) is 2.18. The molecule has 2 unspecified atom stereocenters. The normalized spacial score (nSPS) is 30.2. The van der Waals surface area contributed by atoms with Crippen molar-refractivity contribution in [3.8, 4) is 0 Å². The fraction of sp³-hybridized carbons (Fsp3) is 0.769. The summed E-state index contributed by atoms with van der Waals surface area (Å²) in [5, 5.41) is 9.94. The SMILES string of the molecule is CN1CCCC(c2cn3c(n2)CCCC3O)C1. The van der Waals surface area contributed by atoms with Crippen LogP contribution in [-0.4, -0.2) is 39.7 Å². The molecule has 0 radical (unpaired) electrons. The third-order valence-electron chi connectivity index (χ3n) is 4.05. The van der Waals surface area contributed by atoms with Gasteiger partial charge in [0.25, 0.3) is 0 Å². The van der Waals surface area contributed by atoms with Gasteiger partial charge in [0.15, 0.2) is 0 Å². The molecular weight excluding hydrogens is 214 g/mol. The van der Waals surface area contributed by atoms with Gasteiger partial charge >= 0.3 is 0 Å². The Morgan fingerprint density at radius 2 is 2.24 bits per heavy atom. The first-order valence-electron chi connectivity index (χ1n) is 6.68. The molecule has 2 atom stereocenters. The van der Waals surface area contributed by atoms with Gasteiger partial charge in [-0.1, -0.05) is 0 Å². The Hall–Kier alpha value is -0.870. The second kappa shape index (κ2) is 4.42. The molecule has 2 aliphatic rings. The van der Waals surface area contributed by atoms with Crippen molar-refractivity contribution in [3.63, 3.8) is 0 Å². The van der Waals surface area contributed by atoms with E-state index in [4.69, 9.17) is 4.98 Å². The van der Waals surface area contributed by atoms with Crippen molar-refractivity contribution in [2.45, 2.75) is 44.2 Å². The number of rotatable bonds is 1. The minimum absolute atomic E-state index is 0.346. The minimum atomic E-state index is -0.346. The summed E-state index contributed by atoms with van der Waals surface area (Å²) in [4.78, 5) is 7.11. The van der Waals surface area contributed by atoms with Crippen molar-refractivity contribution >= 4 is 0 Å². The van der Waals surface area contributed by atoms with E-state index in [9.17, 15) is 5.11 Å². The van der Waals surface area contributed by atoms with Crippen LogP contribution in [-0.2, 0) is 6.42 Å². The zero-order chi connectivity index (χ0) is 11.8. The number of hydrogen-bond donors (Lipinski definition) is 1. The van der Waals surface area contributed by atoms with Crippen LogP contribution < -0.4 is 0 Å². The molecule has 1 aromatic heterocycles. The van der Waals surface area contributed by atoms with Crippen LogP contribution in [0.1, 0.15) is 49.3 Å².